The normalized spacial score (nSPS) is 10.1. The summed E-state index contributed by atoms with van der Waals surface area (Å²) in [7, 11) is 0. The lowest BCUT2D eigenvalue weighted by Gasteiger charge is -1.98. The highest BCUT2D eigenvalue weighted by atomic mass is 16.6. The molecule has 2 rings (SSSR count). The number of benzene rings is 1. The minimum Gasteiger partial charge on any atom is -0.258 e. The van der Waals surface area contributed by atoms with Gasteiger partial charge < -0.3 is 0 Å². The molecule has 86 valence electrons. The van der Waals surface area contributed by atoms with Crippen molar-refractivity contribution in [3.8, 4) is 5.69 Å². The Labute approximate surface area is 94.4 Å². The van der Waals surface area contributed by atoms with E-state index in [0.717, 1.165) is 6.20 Å². The van der Waals surface area contributed by atoms with Gasteiger partial charge in [0.1, 0.15) is 12.4 Å². The number of non-ortho nitro benzene ring substituents is 1. The van der Waals surface area contributed by atoms with Gasteiger partial charge in [-0.15, -0.1) is 0 Å². The van der Waals surface area contributed by atoms with Crippen molar-refractivity contribution in [2.75, 3.05) is 0 Å². The molecule has 0 bridgehead atoms. The Morgan fingerprint density at radius 3 is 2.06 bits per heavy atom. The van der Waals surface area contributed by atoms with Crippen LogP contribution in [0.1, 0.15) is 0 Å². The molecule has 0 aliphatic heterocycles. The lowest BCUT2D eigenvalue weighted by atomic mass is 10.3. The van der Waals surface area contributed by atoms with Crippen LogP contribution in [0.5, 0.6) is 0 Å². The van der Waals surface area contributed by atoms with E-state index < -0.39 is 9.85 Å². The Morgan fingerprint density at radius 1 is 1.00 bits per heavy atom. The summed E-state index contributed by atoms with van der Waals surface area (Å²) in [6, 6.07) is 5.55. The number of hydrogen-bond donors (Lipinski definition) is 0. The number of nitrogens with zero attached hydrogens (tertiary/aromatic N) is 4. The molecule has 0 amide bonds. The zero-order chi connectivity index (χ0) is 12.4. The molecule has 1 aromatic heterocycles. The van der Waals surface area contributed by atoms with Gasteiger partial charge in [-0.3, -0.25) is 20.2 Å². The molecular weight excluding hydrogens is 228 g/mol. The quantitative estimate of drug-likeness (QED) is 0.593. The smallest absolute Gasteiger partial charge is 0.258 e. The fourth-order valence-electron chi connectivity index (χ4n) is 1.28. The standard InChI is InChI=1S/C9H6N4O4/c14-12(15)8-3-1-7(2-4-8)11-6-9(5-10-11)13(16)17/h1-6H. The zero-order valence-electron chi connectivity index (χ0n) is 8.39. The minimum absolute atomic E-state index is 0.0459. The first kappa shape index (κ1) is 10.7. The zero-order valence-corrected chi connectivity index (χ0v) is 8.39. The first-order valence-corrected chi connectivity index (χ1v) is 4.52. The summed E-state index contributed by atoms with van der Waals surface area (Å²) in [4.78, 5) is 19.8. The van der Waals surface area contributed by atoms with E-state index in [1.165, 1.54) is 35.1 Å². The van der Waals surface area contributed by atoms with E-state index in [0.29, 0.717) is 5.69 Å². The van der Waals surface area contributed by atoms with E-state index in [-0.39, 0.29) is 11.4 Å². The van der Waals surface area contributed by atoms with Gasteiger partial charge >= 0.3 is 5.69 Å². The Balaban J connectivity index is 2.33. The number of rotatable bonds is 3. The summed E-state index contributed by atoms with van der Waals surface area (Å²) in [5, 5.41) is 24.7. The van der Waals surface area contributed by atoms with Crippen LogP contribution in [-0.4, -0.2) is 19.6 Å². The van der Waals surface area contributed by atoms with E-state index in [2.05, 4.69) is 5.10 Å². The molecule has 0 saturated heterocycles. The van der Waals surface area contributed by atoms with Gasteiger partial charge in [0.05, 0.1) is 15.5 Å². The highest BCUT2D eigenvalue weighted by Gasteiger charge is 2.10. The molecule has 0 N–H and O–H groups in total. The monoisotopic (exact) mass is 234 g/mol. The van der Waals surface area contributed by atoms with E-state index in [4.69, 9.17) is 0 Å². The van der Waals surface area contributed by atoms with E-state index in [1.54, 1.807) is 0 Å². The largest absolute Gasteiger partial charge is 0.307 e. The van der Waals surface area contributed by atoms with Crippen molar-refractivity contribution < 1.29 is 9.85 Å². The lowest BCUT2D eigenvalue weighted by Crippen LogP contribution is -1.95. The number of nitro groups is 2. The second kappa shape index (κ2) is 4.00. The molecule has 0 radical (unpaired) electrons. The molecule has 2 aromatic rings. The van der Waals surface area contributed by atoms with Gasteiger partial charge in [0.15, 0.2) is 0 Å². The van der Waals surface area contributed by atoms with Gasteiger partial charge in [0, 0.05) is 12.1 Å². The highest BCUT2D eigenvalue weighted by molar-refractivity contribution is 5.41. The van der Waals surface area contributed by atoms with Crippen molar-refractivity contribution in [3.63, 3.8) is 0 Å². The summed E-state index contributed by atoms with van der Waals surface area (Å²) in [5.41, 5.74) is 0.336. The van der Waals surface area contributed by atoms with Crippen LogP contribution in [0.25, 0.3) is 5.69 Å². The molecule has 0 aliphatic carbocycles. The van der Waals surface area contributed by atoms with Gasteiger partial charge in [-0.2, -0.15) is 5.10 Å². The third-order valence-corrected chi connectivity index (χ3v) is 2.10. The van der Waals surface area contributed by atoms with Gasteiger partial charge in [0.25, 0.3) is 5.69 Å². The molecule has 0 fully saturated rings. The molecule has 17 heavy (non-hydrogen) atoms. The molecule has 0 unspecified atom stereocenters. The van der Waals surface area contributed by atoms with E-state index >= 15 is 0 Å². The lowest BCUT2D eigenvalue weighted by molar-refractivity contribution is -0.385. The fourth-order valence-corrected chi connectivity index (χ4v) is 1.28. The topological polar surface area (TPSA) is 104 Å². The van der Waals surface area contributed by atoms with Crippen LogP contribution in [0.4, 0.5) is 11.4 Å². The van der Waals surface area contributed by atoms with Crippen molar-refractivity contribution in [2.24, 2.45) is 0 Å². The predicted octanol–water partition coefficient (Wildman–Crippen LogP) is 1.69. The van der Waals surface area contributed by atoms with Crippen LogP contribution in [-0.2, 0) is 0 Å². The van der Waals surface area contributed by atoms with Gasteiger partial charge in [-0.05, 0) is 12.1 Å². The summed E-state index contributed by atoms with van der Waals surface area (Å²) < 4.78 is 1.28. The van der Waals surface area contributed by atoms with Gasteiger partial charge in [0.2, 0.25) is 0 Å². The van der Waals surface area contributed by atoms with Crippen LogP contribution in [0, 0.1) is 20.2 Å². The van der Waals surface area contributed by atoms with Crippen molar-refractivity contribution in [1.82, 2.24) is 9.78 Å². The minimum atomic E-state index is -0.561. The molecule has 0 aliphatic rings. The number of hydrogen-bond acceptors (Lipinski definition) is 5. The summed E-state index contributed by atoms with van der Waals surface area (Å²) >= 11 is 0. The Morgan fingerprint density at radius 2 is 1.59 bits per heavy atom. The summed E-state index contributed by atoms with van der Waals surface area (Å²) in [5.74, 6) is 0. The molecule has 8 nitrogen and oxygen atoms in total. The fraction of sp³-hybridized carbons (Fsp3) is 0. The molecule has 1 heterocycles. The maximum absolute atomic E-state index is 10.5. The van der Waals surface area contributed by atoms with Crippen LogP contribution >= 0.6 is 0 Å². The molecular formula is C9H6N4O4. The Kier molecular flexibility index (Phi) is 2.53. The predicted molar refractivity (Wildman–Crippen MR) is 56.9 cm³/mol. The molecule has 0 saturated carbocycles. The SMILES string of the molecule is O=[N+]([O-])c1ccc(-n2cc([N+](=O)[O-])cn2)cc1. The van der Waals surface area contributed by atoms with Crippen LogP contribution < -0.4 is 0 Å². The number of nitro benzene ring substituents is 1. The van der Waals surface area contributed by atoms with Crippen LogP contribution in [0.2, 0.25) is 0 Å². The average molecular weight is 234 g/mol. The maximum atomic E-state index is 10.5. The molecule has 1 aromatic carbocycles. The van der Waals surface area contributed by atoms with Gasteiger partial charge in [-0.25, -0.2) is 4.68 Å². The van der Waals surface area contributed by atoms with Crippen molar-refractivity contribution in [3.05, 3.63) is 56.9 Å². The number of aromatic nitrogens is 2. The Bertz CT molecular complexity index is 575. The van der Waals surface area contributed by atoms with Crippen LogP contribution in [0.15, 0.2) is 36.7 Å². The maximum Gasteiger partial charge on any atom is 0.307 e. The third-order valence-electron chi connectivity index (χ3n) is 2.10. The van der Waals surface area contributed by atoms with Crippen molar-refractivity contribution in [2.45, 2.75) is 0 Å². The van der Waals surface area contributed by atoms with Crippen LogP contribution in [0.3, 0.4) is 0 Å². The van der Waals surface area contributed by atoms with Crippen molar-refractivity contribution >= 4 is 11.4 Å². The average Bonchev–Trinajstić information content (AvgIpc) is 2.78. The summed E-state index contributed by atoms with van der Waals surface area (Å²) in [6.07, 6.45) is 2.35. The second-order valence-electron chi connectivity index (χ2n) is 3.17. The van der Waals surface area contributed by atoms with Crippen molar-refractivity contribution in [1.29, 1.82) is 0 Å². The first-order chi connectivity index (χ1) is 8.08. The Hall–Kier alpha value is -2.77. The molecule has 8 heteroatoms. The molecule has 0 atom stereocenters. The first-order valence-electron chi connectivity index (χ1n) is 4.52. The summed E-state index contributed by atoms with van der Waals surface area (Å²) in [6.45, 7) is 0. The highest BCUT2D eigenvalue weighted by Crippen LogP contribution is 2.17. The van der Waals surface area contributed by atoms with E-state index in [1.807, 2.05) is 0 Å². The third kappa shape index (κ3) is 2.09. The molecule has 0 spiro atoms. The van der Waals surface area contributed by atoms with E-state index in [9.17, 15) is 20.2 Å². The second-order valence-corrected chi connectivity index (χ2v) is 3.17. The van der Waals surface area contributed by atoms with Gasteiger partial charge in [-0.1, -0.05) is 0 Å².